The lowest BCUT2D eigenvalue weighted by molar-refractivity contribution is 0.112. The van der Waals surface area contributed by atoms with Crippen molar-refractivity contribution in [3.8, 4) is 11.5 Å². The second-order valence-corrected chi connectivity index (χ2v) is 6.83. The summed E-state index contributed by atoms with van der Waals surface area (Å²) in [5.41, 5.74) is 1.98. The zero-order chi connectivity index (χ0) is 18.9. The van der Waals surface area contributed by atoms with E-state index in [9.17, 15) is 4.79 Å². The number of carbonyl (C=O) groups is 1. The number of benzene rings is 2. The molecule has 2 aromatic rings. The molecule has 2 aromatic carbocycles. The van der Waals surface area contributed by atoms with Gasteiger partial charge in [-0.3, -0.25) is 9.69 Å². The average Bonchev–Trinajstić information content (AvgIpc) is 2.73. The van der Waals surface area contributed by atoms with E-state index >= 15 is 0 Å². The Morgan fingerprint density at radius 1 is 0.963 bits per heavy atom. The van der Waals surface area contributed by atoms with Gasteiger partial charge in [0.05, 0.1) is 13.7 Å². The molecule has 1 heterocycles. The molecular weight excluding hydrogens is 340 g/mol. The largest absolute Gasteiger partial charge is 0.493 e. The van der Waals surface area contributed by atoms with Crippen molar-refractivity contribution in [1.82, 2.24) is 9.80 Å². The maximum Gasteiger partial charge on any atom is 0.161 e. The summed E-state index contributed by atoms with van der Waals surface area (Å²) in [7, 11) is 1.61. The molecule has 0 aliphatic carbocycles. The van der Waals surface area contributed by atoms with Gasteiger partial charge in [0, 0.05) is 44.8 Å². The zero-order valence-electron chi connectivity index (χ0n) is 16.0. The minimum absolute atomic E-state index is 0.598. The Bertz CT molecular complexity index is 713. The number of aldehydes is 1. The van der Waals surface area contributed by atoms with Gasteiger partial charge in [-0.15, -0.1) is 0 Å². The molecule has 3 rings (SSSR count). The van der Waals surface area contributed by atoms with E-state index < -0.39 is 0 Å². The first-order valence-electron chi connectivity index (χ1n) is 9.53. The highest BCUT2D eigenvalue weighted by molar-refractivity contribution is 5.76. The summed E-state index contributed by atoms with van der Waals surface area (Å²) in [6, 6.07) is 15.9. The minimum atomic E-state index is 0.598. The van der Waals surface area contributed by atoms with Gasteiger partial charge in [0.2, 0.25) is 0 Å². The van der Waals surface area contributed by atoms with Crippen molar-refractivity contribution < 1.29 is 14.3 Å². The van der Waals surface area contributed by atoms with Crippen molar-refractivity contribution in [2.45, 2.75) is 13.0 Å². The lowest BCUT2D eigenvalue weighted by Crippen LogP contribution is -2.46. The molecule has 0 spiro atoms. The van der Waals surface area contributed by atoms with Gasteiger partial charge >= 0.3 is 0 Å². The quantitative estimate of drug-likeness (QED) is 0.503. The average molecular weight is 368 g/mol. The van der Waals surface area contributed by atoms with Gasteiger partial charge in [-0.05, 0) is 30.2 Å². The second-order valence-electron chi connectivity index (χ2n) is 6.83. The maximum atomic E-state index is 10.9. The van der Waals surface area contributed by atoms with Crippen LogP contribution in [0.15, 0.2) is 48.5 Å². The molecule has 0 radical (unpaired) electrons. The molecular formula is C22H28N2O3. The van der Waals surface area contributed by atoms with Crippen molar-refractivity contribution in [2.24, 2.45) is 0 Å². The molecule has 0 aromatic heterocycles. The first-order valence-corrected chi connectivity index (χ1v) is 9.53. The zero-order valence-corrected chi connectivity index (χ0v) is 16.0. The molecule has 0 atom stereocenters. The molecule has 27 heavy (non-hydrogen) atoms. The summed E-state index contributed by atoms with van der Waals surface area (Å²) in [5.74, 6) is 1.30. The molecule has 0 bridgehead atoms. The summed E-state index contributed by atoms with van der Waals surface area (Å²) >= 11 is 0. The van der Waals surface area contributed by atoms with Crippen molar-refractivity contribution in [3.05, 3.63) is 59.7 Å². The molecule has 5 nitrogen and oxygen atoms in total. The fourth-order valence-corrected chi connectivity index (χ4v) is 3.36. The number of hydrogen-bond donors (Lipinski definition) is 0. The van der Waals surface area contributed by atoms with E-state index in [1.807, 2.05) is 0 Å². The van der Waals surface area contributed by atoms with Crippen LogP contribution in [0.5, 0.6) is 11.5 Å². The molecule has 0 amide bonds. The van der Waals surface area contributed by atoms with Gasteiger partial charge < -0.3 is 14.4 Å². The van der Waals surface area contributed by atoms with E-state index in [-0.39, 0.29) is 0 Å². The number of hydrogen-bond acceptors (Lipinski definition) is 5. The van der Waals surface area contributed by atoms with E-state index in [0.29, 0.717) is 23.7 Å². The number of methoxy groups -OCH3 is 1. The molecule has 1 fully saturated rings. The maximum absolute atomic E-state index is 10.9. The van der Waals surface area contributed by atoms with Crippen LogP contribution in [0.1, 0.15) is 22.3 Å². The molecule has 0 N–H and O–H groups in total. The predicted molar refractivity (Wildman–Crippen MR) is 107 cm³/mol. The predicted octanol–water partition coefficient (Wildman–Crippen LogP) is 3.09. The van der Waals surface area contributed by atoms with Crippen LogP contribution in [0.25, 0.3) is 0 Å². The fourth-order valence-electron chi connectivity index (χ4n) is 3.36. The Labute approximate surface area is 161 Å². The third-order valence-corrected chi connectivity index (χ3v) is 4.91. The molecule has 0 unspecified atom stereocenters. The van der Waals surface area contributed by atoms with Gasteiger partial charge in [-0.2, -0.15) is 0 Å². The van der Waals surface area contributed by atoms with Gasteiger partial charge in [0.1, 0.15) is 6.29 Å². The molecule has 1 saturated heterocycles. The summed E-state index contributed by atoms with van der Waals surface area (Å²) in [6.45, 7) is 7.06. The highest BCUT2D eigenvalue weighted by atomic mass is 16.5. The van der Waals surface area contributed by atoms with Gasteiger partial charge in [-0.25, -0.2) is 0 Å². The summed E-state index contributed by atoms with van der Waals surface area (Å²) in [5, 5.41) is 0. The van der Waals surface area contributed by atoms with E-state index in [4.69, 9.17) is 9.47 Å². The number of rotatable bonds is 9. The second kappa shape index (κ2) is 10.1. The molecule has 144 valence electrons. The van der Waals surface area contributed by atoms with E-state index in [1.54, 1.807) is 25.3 Å². The van der Waals surface area contributed by atoms with Crippen molar-refractivity contribution in [3.63, 3.8) is 0 Å². The Balaban J connectivity index is 1.37. The normalized spacial score (nSPS) is 15.4. The number of carbonyl (C=O) groups excluding carboxylic acids is 1. The van der Waals surface area contributed by atoms with Crippen LogP contribution in [0.2, 0.25) is 0 Å². The molecule has 1 aliphatic rings. The van der Waals surface area contributed by atoms with Crippen LogP contribution in [-0.2, 0) is 6.54 Å². The van der Waals surface area contributed by atoms with Crippen LogP contribution in [0.3, 0.4) is 0 Å². The van der Waals surface area contributed by atoms with Crippen LogP contribution in [0.4, 0.5) is 0 Å². The van der Waals surface area contributed by atoms with Crippen LogP contribution in [-0.4, -0.2) is 62.5 Å². The molecule has 1 aliphatic heterocycles. The third kappa shape index (κ3) is 5.81. The Morgan fingerprint density at radius 3 is 2.41 bits per heavy atom. The Kier molecular flexibility index (Phi) is 7.25. The van der Waals surface area contributed by atoms with Gasteiger partial charge in [-0.1, -0.05) is 30.3 Å². The Morgan fingerprint density at radius 2 is 1.70 bits per heavy atom. The SMILES string of the molecule is COc1ccc(C=O)cc1OCCCN1CCN(Cc2ccccc2)CC1. The lowest BCUT2D eigenvalue weighted by Gasteiger charge is -2.34. The molecule has 0 saturated carbocycles. The topological polar surface area (TPSA) is 42.0 Å². The highest BCUT2D eigenvalue weighted by Crippen LogP contribution is 2.27. The first-order chi connectivity index (χ1) is 13.3. The third-order valence-electron chi connectivity index (χ3n) is 4.91. The monoisotopic (exact) mass is 368 g/mol. The van der Waals surface area contributed by atoms with Crippen LogP contribution >= 0.6 is 0 Å². The number of piperazine rings is 1. The van der Waals surface area contributed by atoms with E-state index in [2.05, 4.69) is 40.1 Å². The van der Waals surface area contributed by atoms with Gasteiger partial charge in [0.25, 0.3) is 0 Å². The summed E-state index contributed by atoms with van der Waals surface area (Å²) in [6.07, 6.45) is 1.77. The first kappa shape index (κ1) is 19.4. The van der Waals surface area contributed by atoms with Crippen LogP contribution in [0, 0.1) is 0 Å². The van der Waals surface area contributed by atoms with Crippen molar-refractivity contribution in [2.75, 3.05) is 46.4 Å². The van der Waals surface area contributed by atoms with E-state index in [0.717, 1.165) is 52.0 Å². The van der Waals surface area contributed by atoms with Crippen molar-refractivity contribution in [1.29, 1.82) is 0 Å². The van der Waals surface area contributed by atoms with Crippen molar-refractivity contribution >= 4 is 6.29 Å². The number of nitrogens with zero attached hydrogens (tertiary/aromatic N) is 2. The summed E-state index contributed by atoms with van der Waals surface area (Å²) < 4.78 is 11.1. The van der Waals surface area contributed by atoms with Crippen LogP contribution < -0.4 is 9.47 Å². The van der Waals surface area contributed by atoms with Gasteiger partial charge in [0.15, 0.2) is 11.5 Å². The minimum Gasteiger partial charge on any atom is -0.493 e. The highest BCUT2D eigenvalue weighted by Gasteiger charge is 2.16. The standard InChI is InChI=1S/C22H28N2O3/c1-26-21-9-8-20(18-25)16-22(21)27-15-5-10-23-11-13-24(14-12-23)17-19-6-3-2-4-7-19/h2-4,6-9,16,18H,5,10-15,17H2,1H3. The summed E-state index contributed by atoms with van der Waals surface area (Å²) in [4.78, 5) is 15.9. The van der Waals surface area contributed by atoms with E-state index in [1.165, 1.54) is 5.56 Å². The lowest BCUT2D eigenvalue weighted by atomic mass is 10.2. The fraction of sp³-hybridized carbons (Fsp3) is 0.409. The smallest absolute Gasteiger partial charge is 0.161 e. The Hall–Kier alpha value is -2.37. The molecule has 5 heteroatoms. The number of ether oxygens (including phenoxy) is 2.